The summed E-state index contributed by atoms with van der Waals surface area (Å²) in [6.07, 6.45) is 1.12. The minimum atomic E-state index is -0.243. The van der Waals surface area contributed by atoms with Gasteiger partial charge in [0.15, 0.2) is 0 Å². The van der Waals surface area contributed by atoms with E-state index >= 15 is 0 Å². The van der Waals surface area contributed by atoms with Crippen molar-refractivity contribution < 1.29 is 9.13 Å². The highest BCUT2D eigenvalue weighted by molar-refractivity contribution is 5.33. The van der Waals surface area contributed by atoms with E-state index in [1.807, 2.05) is 14.0 Å². The van der Waals surface area contributed by atoms with E-state index in [1.54, 1.807) is 6.07 Å². The van der Waals surface area contributed by atoms with Crippen molar-refractivity contribution in [1.29, 1.82) is 0 Å². The van der Waals surface area contributed by atoms with Gasteiger partial charge in [0.05, 0.1) is 0 Å². The molecule has 2 nitrogen and oxygen atoms in total. The summed E-state index contributed by atoms with van der Waals surface area (Å²) in [6.45, 7) is 6.30. The van der Waals surface area contributed by atoms with Gasteiger partial charge in [-0.15, -0.1) is 0 Å². The molecule has 1 aliphatic carbocycles. The van der Waals surface area contributed by atoms with Gasteiger partial charge in [-0.25, -0.2) is 4.39 Å². The molecular formula is C14H20FNO. The molecule has 17 heavy (non-hydrogen) atoms. The van der Waals surface area contributed by atoms with Gasteiger partial charge in [-0.2, -0.15) is 0 Å². The number of rotatable bonds is 3. The molecule has 94 valence electrons. The highest BCUT2D eigenvalue weighted by atomic mass is 19.1. The standard InChI is InChI=1S/C14H20FNO/c1-9-5-6-10(15)7-11(9)17-13-8-12(16-4)14(13,2)3/h5-7,12-13,16H,8H2,1-4H3. The van der Waals surface area contributed by atoms with Crippen LogP contribution in [0.1, 0.15) is 25.8 Å². The van der Waals surface area contributed by atoms with E-state index in [1.165, 1.54) is 12.1 Å². The van der Waals surface area contributed by atoms with Gasteiger partial charge in [0.2, 0.25) is 0 Å². The van der Waals surface area contributed by atoms with Crippen molar-refractivity contribution >= 4 is 0 Å². The molecule has 0 saturated heterocycles. The van der Waals surface area contributed by atoms with Gasteiger partial charge in [0.25, 0.3) is 0 Å². The molecular weight excluding hydrogens is 217 g/mol. The average molecular weight is 237 g/mol. The molecule has 2 rings (SSSR count). The number of benzene rings is 1. The molecule has 1 fully saturated rings. The first-order valence-electron chi connectivity index (χ1n) is 6.05. The maximum Gasteiger partial charge on any atom is 0.126 e. The Morgan fingerprint density at radius 1 is 1.41 bits per heavy atom. The van der Waals surface area contributed by atoms with E-state index in [4.69, 9.17) is 4.74 Å². The molecule has 0 amide bonds. The van der Waals surface area contributed by atoms with E-state index in [0.29, 0.717) is 11.8 Å². The normalized spacial score (nSPS) is 26.4. The molecule has 1 aromatic rings. The predicted molar refractivity (Wildman–Crippen MR) is 66.8 cm³/mol. The molecule has 0 bridgehead atoms. The van der Waals surface area contributed by atoms with Crippen molar-refractivity contribution in [2.75, 3.05) is 7.05 Å². The Balaban J connectivity index is 2.10. The second-order valence-corrected chi connectivity index (χ2v) is 5.41. The van der Waals surface area contributed by atoms with Gasteiger partial charge in [-0.1, -0.05) is 19.9 Å². The van der Waals surface area contributed by atoms with Crippen LogP contribution >= 0.6 is 0 Å². The summed E-state index contributed by atoms with van der Waals surface area (Å²) in [4.78, 5) is 0. The Morgan fingerprint density at radius 3 is 2.71 bits per heavy atom. The zero-order valence-corrected chi connectivity index (χ0v) is 10.9. The lowest BCUT2D eigenvalue weighted by atomic mass is 9.64. The number of hydrogen-bond acceptors (Lipinski definition) is 2. The third kappa shape index (κ3) is 2.16. The van der Waals surface area contributed by atoms with Gasteiger partial charge < -0.3 is 10.1 Å². The molecule has 0 aromatic heterocycles. The van der Waals surface area contributed by atoms with Crippen LogP contribution in [-0.4, -0.2) is 19.2 Å². The average Bonchev–Trinajstić information content (AvgIpc) is 2.28. The number of hydrogen-bond donors (Lipinski definition) is 1. The molecule has 1 N–H and O–H groups in total. The Bertz CT molecular complexity index is 417. The zero-order chi connectivity index (χ0) is 12.6. The third-order valence-electron chi connectivity index (χ3n) is 3.95. The fourth-order valence-electron chi connectivity index (χ4n) is 2.43. The molecule has 0 spiro atoms. The number of ether oxygens (including phenoxy) is 1. The van der Waals surface area contributed by atoms with Crippen LogP contribution in [-0.2, 0) is 0 Å². The summed E-state index contributed by atoms with van der Waals surface area (Å²) in [5.74, 6) is 0.422. The quantitative estimate of drug-likeness (QED) is 0.872. The number of nitrogens with one attached hydrogen (secondary N) is 1. The maximum absolute atomic E-state index is 13.2. The monoisotopic (exact) mass is 237 g/mol. The van der Waals surface area contributed by atoms with Crippen molar-refractivity contribution in [1.82, 2.24) is 5.32 Å². The molecule has 0 radical (unpaired) electrons. The van der Waals surface area contributed by atoms with Crippen LogP contribution in [0.4, 0.5) is 4.39 Å². The fourth-order valence-corrected chi connectivity index (χ4v) is 2.43. The van der Waals surface area contributed by atoms with Crippen molar-refractivity contribution in [2.45, 2.75) is 39.3 Å². The van der Waals surface area contributed by atoms with E-state index in [-0.39, 0.29) is 17.3 Å². The van der Waals surface area contributed by atoms with Crippen LogP contribution in [0.2, 0.25) is 0 Å². The van der Waals surface area contributed by atoms with Crippen LogP contribution in [0.25, 0.3) is 0 Å². The Labute approximate surface area is 102 Å². The van der Waals surface area contributed by atoms with E-state index in [9.17, 15) is 4.39 Å². The van der Waals surface area contributed by atoms with Crippen LogP contribution in [0.3, 0.4) is 0 Å². The van der Waals surface area contributed by atoms with E-state index < -0.39 is 0 Å². The van der Waals surface area contributed by atoms with Gasteiger partial charge in [-0.3, -0.25) is 0 Å². The van der Waals surface area contributed by atoms with Crippen LogP contribution in [0.15, 0.2) is 18.2 Å². The largest absolute Gasteiger partial charge is 0.489 e. The molecule has 2 unspecified atom stereocenters. The smallest absolute Gasteiger partial charge is 0.126 e. The summed E-state index contributed by atoms with van der Waals surface area (Å²) in [7, 11) is 1.97. The van der Waals surface area contributed by atoms with Gasteiger partial charge >= 0.3 is 0 Å². The maximum atomic E-state index is 13.2. The summed E-state index contributed by atoms with van der Waals surface area (Å²) in [5.41, 5.74) is 1.07. The first kappa shape index (κ1) is 12.4. The highest BCUT2D eigenvalue weighted by Crippen LogP contribution is 2.43. The Hall–Kier alpha value is -1.09. The zero-order valence-electron chi connectivity index (χ0n) is 10.9. The Morgan fingerprint density at radius 2 is 2.12 bits per heavy atom. The van der Waals surface area contributed by atoms with Gasteiger partial charge in [0.1, 0.15) is 17.7 Å². The van der Waals surface area contributed by atoms with Crippen molar-refractivity contribution in [3.8, 4) is 5.75 Å². The lowest BCUT2D eigenvalue weighted by Crippen LogP contribution is -2.61. The van der Waals surface area contributed by atoms with E-state index in [2.05, 4.69) is 19.2 Å². The predicted octanol–water partition coefficient (Wildman–Crippen LogP) is 2.90. The topological polar surface area (TPSA) is 21.3 Å². The number of halogens is 1. The van der Waals surface area contributed by atoms with Crippen molar-refractivity contribution in [2.24, 2.45) is 5.41 Å². The van der Waals surface area contributed by atoms with Crippen LogP contribution < -0.4 is 10.1 Å². The van der Waals surface area contributed by atoms with Gasteiger partial charge in [-0.05, 0) is 25.6 Å². The molecule has 0 aliphatic heterocycles. The summed E-state index contributed by atoms with van der Waals surface area (Å²) < 4.78 is 19.1. The minimum absolute atomic E-state index is 0.0908. The number of aryl methyl sites for hydroxylation is 1. The first-order valence-corrected chi connectivity index (χ1v) is 6.05. The molecule has 3 heteroatoms. The lowest BCUT2D eigenvalue weighted by molar-refractivity contribution is -0.0525. The second kappa shape index (κ2) is 4.30. The second-order valence-electron chi connectivity index (χ2n) is 5.41. The van der Waals surface area contributed by atoms with E-state index in [0.717, 1.165) is 12.0 Å². The molecule has 1 saturated carbocycles. The molecule has 1 aliphatic rings. The SMILES string of the molecule is CNC1CC(Oc2cc(F)ccc2C)C1(C)C. The van der Waals surface area contributed by atoms with Crippen LogP contribution in [0.5, 0.6) is 5.75 Å². The fraction of sp³-hybridized carbons (Fsp3) is 0.571. The summed E-state index contributed by atoms with van der Waals surface area (Å²) in [5, 5.41) is 3.28. The minimum Gasteiger partial charge on any atom is -0.489 e. The van der Waals surface area contributed by atoms with Crippen molar-refractivity contribution in [3.63, 3.8) is 0 Å². The Kier molecular flexibility index (Phi) is 3.13. The first-order chi connectivity index (χ1) is 7.95. The molecule has 2 atom stereocenters. The molecule has 0 heterocycles. The van der Waals surface area contributed by atoms with Gasteiger partial charge in [0, 0.05) is 23.9 Å². The van der Waals surface area contributed by atoms with Crippen molar-refractivity contribution in [3.05, 3.63) is 29.6 Å². The highest BCUT2D eigenvalue weighted by Gasteiger charge is 2.49. The van der Waals surface area contributed by atoms with Crippen LogP contribution in [0, 0.1) is 18.2 Å². The summed E-state index contributed by atoms with van der Waals surface area (Å²) >= 11 is 0. The lowest BCUT2D eigenvalue weighted by Gasteiger charge is -2.51. The third-order valence-corrected chi connectivity index (χ3v) is 3.95. The summed E-state index contributed by atoms with van der Waals surface area (Å²) in [6, 6.07) is 5.16. The molecule has 1 aromatic carbocycles.